The summed E-state index contributed by atoms with van der Waals surface area (Å²) >= 11 is 0. The van der Waals surface area contributed by atoms with Crippen molar-refractivity contribution in [3.63, 3.8) is 0 Å². The van der Waals surface area contributed by atoms with E-state index in [1.807, 2.05) is 24.3 Å². The Morgan fingerprint density at radius 1 is 1.10 bits per heavy atom. The second-order valence-electron chi connectivity index (χ2n) is 4.14. The summed E-state index contributed by atoms with van der Waals surface area (Å²) in [4.78, 5) is 4.41. The molecule has 0 spiro atoms. The summed E-state index contributed by atoms with van der Waals surface area (Å²) in [5.41, 5.74) is 1.77. The summed E-state index contributed by atoms with van der Waals surface area (Å²) < 4.78 is 0. The number of pyridine rings is 1. The van der Waals surface area contributed by atoms with Crippen LogP contribution in [-0.4, -0.2) is 41.5 Å². The van der Waals surface area contributed by atoms with Gasteiger partial charge in [0, 0.05) is 18.5 Å². The lowest BCUT2D eigenvalue weighted by Crippen LogP contribution is -2.12. The van der Waals surface area contributed by atoms with Crippen molar-refractivity contribution >= 4 is 22.4 Å². The minimum Gasteiger partial charge on any atom is -0.395 e. The molecule has 4 N–H and O–H groups in total. The number of nitrogens with zero attached hydrogens (tertiary/aromatic N) is 2. The van der Waals surface area contributed by atoms with Gasteiger partial charge in [-0.15, -0.1) is 0 Å². The van der Waals surface area contributed by atoms with Crippen molar-refractivity contribution in [3.05, 3.63) is 29.8 Å². The van der Waals surface area contributed by atoms with Gasteiger partial charge in [0.2, 0.25) is 0 Å². The molecule has 0 atom stereocenters. The van der Waals surface area contributed by atoms with Crippen LogP contribution in [0.1, 0.15) is 5.56 Å². The van der Waals surface area contributed by atoms with Crippen LogP contribution in [0, 0.1) is 11.3 Å². The summed E-state index contributed by atoms with van der Waals surface area (Å²) in [6.45, 7) is 0.598. The average Bonchev–Trinajstić information content (AvgIpc) is 2.49. The molecule has 0 radical (unpaired) electrons. The number of aromatic nitrogens is 1. The van der Waals surface area contributed by atoms with Crippen LogP contribution in [0.15, 0.2) is 24.3 Å². The van der Waals surface area contributed by atoms with Gasteiger partial charge in [-0.2, -0.15) is 5.26 Å². The maximum Gasteiger partial charge on any atom is 0.146 e. The number of para-hydroxylation sites is 1. The van der Waals surface area contributed by atoms with Gasteiger partial charge >= 0.3 is 0 Å². The van der Waals surface area contributed by atoms with E-state index in [0.29, 0.717) is 30.2 Å². The summed E-state index contributed by atoms with van der Waals surface area (Å²) in [7, 11) is 0. The smallest absolute Gasteiger partial charge is 0.146 e. The molecule has 104 valence electrons. The van der Waals surface area contributed by atoms with Gasteiger partial charge in [-0.25, -0.2) is 4.98 Å². The van der Waals surface area contributed by atoms with E-state index in [9.17, 15) is 5.26 Å². The first-order valence-electron chi connectivity index (χ1n) is 6.34. The predicted octanol–water partition coefficient (Wildman–Crippen LogP) is 0.915. The third-order valence-electron chi connectivity index (χ3n) is 2.82. The molecule has 0 fully saturated rings. The van der Waals surface area contributed by atoms with Gasteiger partial charge in [-0.1, -0.05) is 18.2 Å². The summed E-state index contributed by atoms with van der Waals surface area (Å²) in [6.07, 6.45) is 0. The molecular weight excluding hydrogens is 256 g/mol. The van der Waals surface area contributed by atoms with Crippen LogP contribution in [0.4, 0.5) is 11.5 Å². The number of aliphatic hydroxyl groups excluding tert-OH is 2. The fourth-order valence-electron chi connectivity index (χ4n) is 1.99. The van der Waals surface area contributed by atoms with Crippen molar-refractivity contribution in [2.24, 2.45) is 0 Å². The highest BCUT2D eigenvalue weighted by Gasteiger charge is 2.14. The van der Waals surface area contributed by atoms with Crippen molar-refractivity contribution in [1.82, 2.24) is 4.98 Å². The molecule has 1 heterocycles. The quantitative estimate of drug-likeness (QED) is 0.623. The minimum absolute atomic E-state index is 0.0269. The lowest BCUT2D eigenvalue weighted by atomic mass is 10.1. The number of anilines is 2. The minimum atomic E-state index is -0.0429. The molecule has 1 aromatic heterocycles. The number of fused-ring (bicyclic) bond motifs is 1. The first-order chi connectivity index (χ1) is 9.81. The highest BCUT2D eigenvalue weighted by Crippen LogP contribution is 2.30. The van der Waals surface area contributed by atoms with Crippen molar-refractivity contribution < 1.29 is 10.2 Å². The lowest BCUT2D eigenvalue weighted by Gasteiger charge is -2.14. The molecule has 20 heavy (non-hydrogen) atoms. The maximum absolute atomic E-state index is 9.36. The molecule has 6 nitrogen and oxygen atoms in total. The number of hydrogen-bond acceptors (Lipinski definition) is 6. The number of hydrogen-bond donors (Lipinski definition) is 4. The molecule has 2 rings (SSSR count). The number of nitriles is 1. The molecule has 1 aromatic carbocycles. The van der Waals surface area contributed by atoms with Crippen LogP contribution in [0.5, 0.6) is 0 Å². The van der Waals surface area contributed by atoms with Crippen molar-refractivity contribution in [3.8, 4) is 6.07 Å². The van der Waals surface area contributed by atoms with E-state index in [2.05, 4.69) is 21.7 Å². The fourth-order valence-corrected chi connectivity index (χ4v) is 1.99. The Bertz CT molecular complexity index is 637. The highest BCUT2D eigenvalue weighted by molar-refractivity contribution is 5.97. The molecule has 6 heteroatoms. The van der Waals surface area contributed by atoms with Crippen LogP contribution in [0.25, 0.3) is 10.9 Å². The van der Waals surface area contributed by atoms with Gasteiger partial charge in [0.25, 0.3) is 0 Å². The lowest BCUT2D eigenvalue weighted by molar-refractivity contribution is 0.311. The predicted molar refractivity (Wildman–Crippen MR) is 77.6 cm³/mol. The Labute approximate surface area is 116 Å². The van der Waals surface area contributed by atoms with Crippen LogP contribution in [-0.2, 0) is 0 Å². The van der Waals surface area contributed by atoms with Crippen LogP contribution < -0.4 is 10.6 Å². The maximum atomic E-state index is 9.36. The second-order valence-corrected chi connectivity index (χ2v) is 4.14. The molecule has 0 unspecified atom stereocenters. The van der Waals surface area contributed by atoms with Crippen molar-refractivity contribution in [2.75, 3.05) is 36.9 Å². The van der Waals surface area contributed by atoms with Gasteiger partial charge < -0.3 is 20.8 Å². The van der Waals surface area contributed by atoms with E-state index in [-0.39, 0.29) is 13.2 Å². The Hall–Kier alpha value is -2.36. The van der Waals surface area contributed by atoms with Gasteiger partial charge in [0.1, 0.15) is 17.5 Å². The van der Waals surface area contributed by atoms with Gasteiger partial charge in [0.05, 0.1) is 24.4 Å². The highest BCUT2D eigenvalue weighted by atomic mass is 16.3. The second kappa shape index (κ2) is 6.70. The first-order valence-corrected chi connectivity index (χ1v) is 6.34. The molecule has 0 aliphatic carbocycles. The number of benzene rings is 1. The molecule has 0 aliphatic rings. The van der Waals surface area contributed by atoms with E-state index in [1.165, 1.54) is 0 Å². The molecule has 0 saturated heterocycles. The molecule has 0 aliphatic heterocycles. The Morgan fingerprint density at radius 2 is 1.80 bits per heavy atom. The van der Waals surface area contributed by atoms with Crippen LogP contribution in [0.2, 0.25) is 0 Å². The number of aliphatic hydroxyl groups is 2. The van der Waals surface area contributed by atoms with E-state index in [1.54, 1.807) is 0 Å². The van der Waals surface area contributed by atoms with E-state index in [4.69, 9.17) is 10.2 Å². The van der Waals surface area contributed by atoms with Crippen molar-refractivity contribution in [2.45, 2.75) is 0 Å². The zero-order valence-corrected chi connectivity index (χ0v) is 10.9. The molecule has 2 aromatic rings. The topological polar surface area (TPSA) is 101 Å². The average molecular weight is 272 g/mol. The van der Waals surface area contributed by atoms with E-state index in [0.717, 1.165) is 10.9 Å². The third kappa shape index (κ3) is 2.79. The van der Waals surface area contributed by atoms with Gasteiger partial charge in [-0.3, -0.25) is 0 Å². The van der Waals surface area contributed by atoms with E-state index >= 15 is 0 Å². The zero-order valence-electron chi connectivity index (χ0n) is 10.9. The first kappa shape index (κ1) is 14.1. The van der Waals surface area contributed by atoms with Gasteiger partial charge in [-0.05, 0) is 6.07 Å². The Kier molecular flexibility index (Phi) is 4.71. The SMILES string of the molecule is N#Cc1c(NCCO)nc2ccccc2c1NCCO. The van der Waals surface area contributed by atoms with Crippen LogP contribution >= 0.6 is 0 Å². The molecule has 0 bridgehead atoms. The monoisotopic (exact) mass is 272 g/mol. The summed E-state index contributed by atoms with van der Waals surface area (Å²) in [5.74, 6) is 0.431. The Morgan fingerprint density at radius 3 is 2.50 bits per heavy atom. The molecular formula is C14H16N4O2. The zero-order chi connectivity index (χ0) is 14.4. The number of rotatable bonds is 6. The molecule has 0 saturated carbocycles. The molecule has 0 amide bonds. The summed E-state index contributed by atoms with van der Waals surface area (Å²) in [5, 5.41) is 34.0. The third-order valence-corrected chi connectivity index (χ3v) is 2.82. The standard InChI is InChI=1S/C14H16N4O2/c15-9-11-13(16-5-7-19)10-3-1-2-4-12(10)18-14(11)17-6-8-20/h1-4,19-20H,5-8H2,(H2,16,17,18). The summed E-state index contributed by atoms with van der Waals surface area (Å²) in [6, 6.07) is 9.59. The van der Waals surface area contributed by atoms with Gasteiger partial charge in [0.15, 0.2) is 0 Å². The van der Waals surface area contributed by atoms with Crippen molar-refractivity contribution in [1.29, 1.82) is 5.26 Å². The largest absolute Gasteiger partial charge is 0.395 e. The normalized spacial score (nSPS) is 10.2. The van der Waals surface area contributed by atoms with E-state index < -0.39 is 0 Å². The Balaban J connectivity index is 2.59. The van der Waals surface area contributed by atoms with Crippen LogP contribution in [0.3, 0.4) is 0 Å². The number of nitrogens with one attached hydrogen (secondary N) is 2. The fraction of sp³-hybridized carbons (Fsp3) is 0.286.